The zero-order chi connectivity index (χ0) is 20.2. The summed E-state index contributed by atoms with van der Waals surface area (Å²) in [5.41, 5.74) is 0.717. The fourth-order valence-corrected chi connectivity index (χ4v) is 3.44. The number of amides is 1. The third kappa shape index (κ3) is 3.87. The van der Waals surface area contributed by atoms with Crippen molar-refractivity contribution in [1.82, 2.24) is 14.7 Å². The van der Waals surface area contributed by atoms with Gasteiger partial charge in [0.15, 0.2) is 0 Å². The van der Waals surface area contributed by atoms with Gasteiger partial charge in [-0.05, 0) is 61.8 Å². The average Bonchev–Trinajstić information content (AvgIpc) is 3.14. The molecule has 2 aliphatic heterocycles. The first-order chi connectivity index (χ1) is 12.3. The Labute approximate surface area is 162 Å². The average molecular weight is 377 g/mol. The maximum atomic E-state index is 12.3. The summed E-state index contributed by atoms with van der Waals surface area (Å²) < 4.78 is 19.8. The topological polar surface area (TPSA) is 65.8 Å². The predicted octanol–water partition coefficient (Wildman–Crippen LogP) is 2.67. The first kappa shape index (κ1) is 20.2. The lowest BCUT2D eigenvalue weighted by atomic mass is 9.79. The second-order valence-electron chi connectivity index (χ2n) is 9.59. The predicted molar refractivity (Wildman–Crippen MR) is 104 cm³/mol. The number of hydrogen-bond acceptors (Lipinski definition) is 5. The van der Waals surface area contributed by atoms with E-state index >= 15 is 0 Å². The van der Waals surface area contributed by atoms with Crippen molar-refractivity contribution in [3.8, 4) is 0 Å². The molecule has 1 aromatic rings. The molecule has 3 heterocycles. The number of carbonyl (C=O) groups is 1. The van der Waals surface area contributed by atoms with E-state index in [0.717, 1.165) is 17.6 Å². The molecule has 2 saturated heterocycles. The first-order valence-corrected chi connectivity index (χ1v) is 9.68. The van der Waals surface area contributed by atoms with E-state index in [-0.39, 0.29) is 23.3 Å². The van der Waals surface area contributed by atoms with Crippen LogP contribution in [0.25, 0.3) is 0 Å². The quantitative estimate of drug-likeness (QED) is 0.742. The molecule has 27 heavy (non-hydrogen) atoms. The molecule has 8 heteroatoms. The molecule has 0 unspecified atom stereocenters. The van der Waals surface area contributed by atoms with E-state index in [1.807, 2.05) is 66.3 Å². The number of likely N-dealkylation sites (tertiary alicyclic amines) is 1. The van der Waals surface area contributed by atoms with E-state index in [1.165, 1.54) is 0 Å². The Morgan fingerprint density at radius 1 is 1.26 bits per heavy atom. The van der Waals surface area contributed by atoms with Crippen LogP contribution in [0.1, 0.15) is 66.6 Å². The van der Waals surface area contributed by atoms with E-state index < -0.39 is 12.7 Å². The highest BCUT2D eigenvalue weighted by Crippen LogP contribution is 2.37. The number of aromatic nitrogens is 2. The van der Waals surface area contributed by atoms with Gasteiger partial charge in [-0.15, -0.1) is 0 Å². The van der Waals surface area contributed by atoms with Gasteiger partial charge in [0, 0.05) is 30.4 Å². The summed E-state index contributed by atoms with van der Waals surface area (Å²) in [6.45, 7) is 17.1. The van der Waals surface area contributed by atoms with E-state index in [4.69, 9.17) is 14.0 Å². The Kier molecular flexibility index (Phi) is 4.88. The summed E-state index contributed by atoms with van der Waals surface area (Å²) in [6.07, 6.45) is 2.42. The zero-order valence-corrected chi connectivity index (χ0v) is 17.8. The minimum Gasteiger partial charge on any atom is -0.444 e. The lowest BCUT2D eigenvalue weighted by Crippen LogP contribution is -2.41. The number of hydrogen-bond donors (Lipinski definition) is 0. The number of nitrogens with zero attached hydrogens (tertiary/aromatic N) is 3. The smallest absolute Gasteiger partial charge is 0.444 e. The summed E-state index contributed by atoms with van der Waals surface area (Å²) in [5, 5.41) is 4.58. The normalized spacial score (nSPS) is 24.5. The second kappa shape index (κ2) is 6.52. The second-order valence-corrected chi connectivity index (χ2v) is 9.59. The van der Waals surface area contributed by atoms with Crippen molar-refractivity contribution in [2.24, 2.45) is 0 Å². The lowest BCUT2D eigenvalue weighted by molar-refractivity contribution is 0.00578. The Balaban J connectivity index is 1.71. The highest BCUT2D eigenvalue weighted by atomic mass is 16.7. The maximum Gasteiger partial charge on any atom is 0.498 e. The van der Waals surface area contributed by atoms with Crippen molar-refractivity contribution >= 4 is 18.7 Å². The molecule has 0 aromatic carbocycles. The molecule has 1 atom stereocenters. The van der Waals surface area contributed by atoms with E-state index in [9.17, 15) is 4.79 Å². The standard InChI is InChI=1S/C19H32BN3O4/c1-13-15(20-26-18(5,6)19(7,8)27-20)11-21-23(13)14-9-10-22(12-14)16(24)25-17(2,3)4/h11,14H,9-10,12H2,1-8H3/t14-/m1/s1. The molecule has 0 saturated carbocycles. The highest BCUT2D eigenvalue weighted by molar-refractivity contribution is 6.62. The molecule has 2 fully saturated rings. The van der Waals surface area contributed by atoms with Gasteiger partial charge in [-0.3, -0.25) is 4.68 Å². The van der Waals surface area contributed by atoms with Gasteiger partial charge in [0.2, 0.25) is 0 Å². The van der Waals surface area contributed by atoms with Gasteiger partial charge >= 0.3 is 13.2 Å². The molecular formula is C19H32BN3O4. The monoisotopic (exact) mass is 377 g/mol. The van der Waals surface area contributed by atoms with Crippen LogP contribution >= 0.6 is 0 Å². The van der Waals surface area contributed by atoms with E-state index in [1.54, 1.807) is 4.90 Å². The zero-order valence-electron chi connectivity index (χ0n) is 17.8. The minimum atomic E-state index is -0.485. The number of carbonyl (C=O) groups excluding carboxylic acids is 1. The summed E-state index contributed by atoms with van der Waals surface area (Å²) in [5.74, 6) is 0. The molecule has 0 radical (unpaired) electrons. The van der Waals surface area contributed by atoms with Gasteiger partial charge < -0.3 is 18.9 Å². The Morgan fingerprint density at radius 3 is 2.41 bits per heavy atom. The fraction of sp³-hybridized carbons (Fsp3) is 0.789. The van der Waals surface area contributed by atoms with Crippen molar-refractivity contribution in [3.63, 3.8) is 0 Å². The molecule has 0 bridgehead atoms. The highest BCUT2D eigenvalue weighted by Gasteiger charge is 2.52. The molecule has 1 aromatic heterocycles. The summed E-state index contributed by atoms with van der Waals surface area (Å²) in [6, 6.07) is 0.133. The molecule has 0 aliphatic carbocycles. The third-order valence-electron chi connectivity index (χ3n) is 5.75. The van der Waals surface area contributed by atoms with Crippen molar-refractivity contribution in [2.45, 2.75) is 84.7 Å². The lowest BCUT2D eigenvalue weighted by Gasteiger charge is -2.32. The molecule has 0 spiro atoms. The van der Waals surface area contributed by atoms with Crippen molar-refractivity contribution in [2.75, 3.05) is 13.1 Å². The largest absolute Gasteiger partial charge is 0.498 e. The van der Waals surface area contributed by atoms with Gasteiger partial charge in [-0.25, -0.2) is 4.79 Å². The SMILES string of the molecule is Cc1c(B2OC(C)(C)C(C)(C)O2)cnn1[C@@H]1CCN(C(=O)OC(C)(C)C)C1. The van der Waals surface area contributed by atoms with Crippen molar-refractivity contribution in [3.05, 3.63) is 11.9 Å². The number of ether oxygens (including phenoxy) is 1. The van der Waals surface area contributed by atoms with Crippen LogP contribution in [0, 0.1) is 6.92 Å². The molecule has 0 N–H and O–H groups in total. The van der Waals surface area contributed by atoms with Crippen LogP contribution in [0.4, 0.5) is 4.79 Å². The van der Waals surface area contributed by atoms with Gasteiger partial charge in [0.05, 0.1) is 17.2 Å². The molecule has 150 valence electrons. The maximum absolute atomic E-state index is 12.3. The van der Waals surface area contributed by atoms with Crippen molar-refractivity contribution < 1.29 is 18.8 Å². The Morgan fingerprint density at radius 2 is 1.85 bits per heavy atom. The minimum absolute atomic E-state index is 0.133. The van der Waals surface area contributed by atoms with Crippen LogP contribution in [0.5, 0.6) is 0 Å². The van der Waals surface area contributed by atoms with Gasteiger partial charge in [-0.1, -0.05) is 0 Å². The van der Waals surface area contributed by atoms with Crippen LogP contribution in [0.2, 0.25) is 0 Å². The summed E-state index contributed by atoms with van der Waals surface area (Å²) in [7, 11) is -0.424. The van der Waals surface area contributed by atoms with Crippen LogP contribution in [-0.2, 0) is 14.0 Å². The van der Waals surface area contributed by atoms with Crippen LogP contribution in [0.15, 0.2) is 6.20 Å². The molecule has 2 aliphatic rings. The molecular weight excluding hydrogens is 345 g/mol. The summed E-state index contributed by atoms with van der Waals surface area (Å²) in [4.78, 5) is 14.1. The first-order valence-electron chi connectivity index (χ1n) is 9.68. The van der Waals surface area contributed by atoms with Crippen LogP contribution < -0.4 is 5.46 Å². The Bertz CT molecular complexity index is 707. The van der Waals surface area contributed by atoms with Gasteiger partial charge in [0.25, 0.3) is 0 Å². The van der Waals surface area contributed by atoms with Crippen LogP contribution in [0.3, 0.4) is 0 Å². The summed E-state index contributed by atoms with van der Waals surface area (Å²) >= 11 is 0. The van der Waals surface area contributed by atoms with Gasteiger partial charge in [0.1, 0.15) is 5.60 Å². The van der Waals surface area contributed by atoms with E-state index in [0.29, 0.717) is 13.1 Å². The molecule has 1 amide bonds. The molecule has 7 nitrogen and oxygen atoms in total. The van der Waals surface area contributed by atoms with E-state index in [2.05, 4.69) is 5.10 Å². The fourth-order valence-electron chi connectivity index (χ4n) is 3.44. The van der Waals surface area contributed by atoms with Crippen molar-refractivity contribution in [1.29, 1.82) is 0 Å². The Hall–Kier alpha value is -1.54. The number of rotatable bonds is 2. The van der Waals surface area contributed by atoms with Gasteiger partial charge in [-0.2, -0.15) is 5.10 Å². The molecule has 3 rings (SSSR count). The third-order valence-corrected chi connectivity index (χ3v) is 5.75. The van der Waals surface area contributed by atoms with Crippen LogP contribution in [-0.4, -0.2) is 57.8 Å².